The molecular formula is C15H19N3O4S. The van der Waals surface area contributed by atoms with Gasteiger partial charge in [-0.3, -0.25) is 19.8 Å². The number of fused-ring (bicyclic) bond motifs is 1. The Kier molecular flexibility index (Phi) is 3.87. The Bertz CT molecular complexity index is 788. The number of sulfonamides is 1. The Labute approximate surface area is 135 Å². The van der Waals surface area contributed by atoms with Gasteiger partial charge >= 0.3 is 0 Å². The lowest BCUT2D eigenvalue weighted by Crippen LogP contribution is -2.31. The SMILES string of the molecule is C[C@@H]1[C@@H](C)CCC[C@H]1N=C1NS(=O)(=O)c2cc([N+](=O)[O-])ccc21. The van der Waals surface area contributed by atoms with Crippen molar-refractivity contribution < 1.29 is 13.3 Å². The fourth-order valence-corrected chi connectivity index (χ4v) is 4.53. The molecule has 124 valence electrons. The molecule has 3 rings (SSSR count). The van der Waals surface area contributed by atoms with Gasteiger partial charge in [0, 0.05) is 17.7 Å². The average Bonchev–Trinajstić information content (AvgIpc) is 2.74. The largest absolute Gasteiger partial charge is 0.270 e. The maximum Gasteiger partial charge on any atom is 0.270 e. The van der Waals surface area contributed by atoms with E-state index in [2.05, 4.69) is 23.6 Å². The smallest absolute Gasteiger partial charge is 0.264 e. The van der Waals surface area contributed by atoms with Crippen LogP contribution in [0.2, 0.25) is 0 Å². The van der Waals surface area contributed by atoms with Crippen LogP contribution in [-0.4, -0.2) is 25.2 Å². The van der Waals surface area contributed by atoms with Gasteiger partial charge in [0.2, 0.25) is 0 Å². The molecule has 1 aliphatic carbocycles. The molecule has 3 atom stereocenters. The third-order valence-electron chi connectivity index (χ3n) is 4.91. The van der Waals surface area contributed by atoms with E-state index < -0.39 is 14.9 Å². The molecule has 1 fully saturated rings. The van der Waals surface area contributed by atoms with Crippen molar-refractivity contribution in [3.8, 4) is 0 Å². The molecule has 0 radical (unpaired) electrons. The maximum atomic E-state index is 12.2. The van der Waals surface area contributed by atoms with E-state index in [4.69, 9.17) is 0 Å². The summed E-state index contributed by atoms with van der Waals surface area (Å²) in [6.45, 7) is 4.33. The van der Waals surface area contributed by atoms with Gasteiger partial charge in [-0.1, -0.05) is 26.7 Å². The van der Waals surface area contributed by atoms with Gasteiger partial charge in [0.15, 0.2) is 0 Å². The van der Waals surface area contributed by atoms with Crippen LogP contribution in [0.1, 0.15) is 38.7 Å². The van der Waals surface area contributed by atoms with Gasteiger partial charge in [0.1, 0.15) is 10.7 Å². The maximum absolute atomic E-state index is 12.2. The Morgan fingerprint density at radius 1 is 1.30 bits per heavy atom. The number of hydrogen-bond acceptors (Lipinski definition) is 5. The van der Waals surface area contributed by atoms with Crippen molar-refractivity contribution in [3.05, 3.63) is 33.9 Å². The van der Waals surface area contributed by atoms with Crippen LogP contribution in [0.4, 0.5) is 5.69 Å². The summed E-state index contributed by atoms with van der Waals surface area (Å²) in [6.07, 6.45) is 3.17. The van der Waals surface area contributed by atoms with Crippen LogP contribution in [0.3, 0.4) is 0 Å². The highest BCUT2D eigenvalue weighted by atomic mass is 32.2. The monoisotopic (exact) mass is 337 g/mol. The van der Waals surface area contributed by atoms with E-state index in [9.17, 15) is 18.5 Å². The molecule has 0 aromatic heterocycles. The number of non-ortho nitro benzene ring substituents is 1. The minimum absolute atomic E-state index is 0.0672. The third-order valence-corrected chi connectivity index (χ3v) is 6.29. The molecule has 0 saturated heterocycles. The van der Waals surface area contributed by atoms with E-state index in [0.717, 1.165) is 25.3 Å². The molecule has 8 heteroatoms. The van der Waals surface area contributed by atoms with Crippen LogP contribution in [0.15, 0.2) is 28.1 Å². The molecule has 7 nitrogen and oxygen atoms in total. The Morgan fingerprint density at radius 2 is 2.04 bits per heavy atom. The summed E-state index contributed by atoms with van der Waals surface area (Å²) in [5.74, 6) is 1.23. The van der Waals surface area contributed by atoms with Gasteiger partial charge in [-0.25, -0.2) is 8.42 Å². The fraction of sp³-hybridized carbons (Fsp3) is 0.533. The van der Waals surface area contributed by atoms with Crippen LogP contribution >= 0.6 is 0 Å². The zero-order valence-corrected chi connectivity index (χ0v) is 13.8. The second kappa shape index (κ2) is 5.59. The zero-order chi connectivity index (χ0) is 16.8. The van der Waals surface area contributed by atoms with Crippen molar-refractivity contribution in [2.75, 3.05) is 0 Å². The molecule has 0 spiro atoms. The van der Waals surface area contributed by atoms with Gasteiger partial charge in [-0.15, -0.1) is 0 Å². The molecule has 1 N–H and O–H groups in total. The number of nitro benzene ring substituents is 1. The Balaban J connectivity index is 2.02. The highest BCUT2D eigenvalue weighted by Gasteiger charge is 2.34. The molecule has 1 saturated carbocycles. The van der Waals surface area contributed by atoms with Crippen molar-refractivity contribution >= 4 is 21.5 Å². The van der Waals surface area contributed by atoms with Crippen molar-refractivity contribution in [1.82, 2.24) is 4.72 Å². The molecule has 1 heterocycles. The van der Waals surface area contributed by atoms with Gasteiger partial charge in [0.05, 0.1) is 11.0 Å². The molecular weight excluding hydrogens is 318 g/mol. The minimum atomic E-state index is -3.78. The molecule has 23 heavy (non-hydrogen) atoms. The fourth-order valence-electron chi connectivity index (χ4n) is 3.28. The summed E-state index contributed by atoms with van der Waals surface area (Å²) in [5, 5.41) is 10.8. The first-order valence-corrected chi connectivity index (χ1v) is 9.17. The Hall–Kier alpha value is -1.96. The molecule has 1 aliphatic heterocycles. The zero-order valence-electron chi connectivity index (χ0n) is 13.0. The first kappa shape index (κ1) is 15.9. The quantitative estimate of drug-likeness (QED) is 0.661. The summed E-state index contributed by atoms with van der Waals surface area (Å²) in [6, 6.07) is 3.93. The lowest BCUT2D eigenvalue weighted by molar-refractivity contribution is -0.385. The Morgan fingerprint density at radius 3 is 2.74 bits per heavy atom. The average molecular weight is 337 g/mol. The number of benzene rings is 1. The van der Waals surface area contributed by atoms with Gasteiger partial charge in [-0.2, -0.15) is 0 Å². The first-order chi connectivity index (χ1) is 10.8. The van der Waals surface area contributed by atoms with E-state index >= 15 is 0 Å². The number of nitrogens with zero attached hydrogens (tertiary/aromatic N) is 2. The van der Waals surface area contributed by atoms with Crippen LogP contribution in [0.25, 0.3) is 0 Å². The van der Waals surface area contributed by atoms with Crippen LogP contribution in [-0.2, 0) is 10.0 Å². The highest BCUT2D eigenvalue weighted by Crippen LogP contribution is 2.33. The third kappa shape index (κ3) is 2.83. The topological polar surface area (TPSA) is 102 Å². The summed E-state index contributed by atoms with van der Waals surface area (Å²) in [5.41, 5.74) is 0.177. The highest BCUT2D eigenvalue weighted by molar-refractivity contribution is 7.90. The van der Waals surface area contributed by atoms with Gasteiger partial charge in [0.25, 0.3) is 15.7 Å². The second-order valence-electron chi connectivity index (χ2n) is 6.36. The summed E-state index contributed by atoms with van der Waals surface area (Å²) in [4.78, 5) is 14.8. The van der Waals surface area contributed by atoms with Crippen LogP contribution in [0, 0.1) is 22.0 Å². The van der Waals surface area contributed by atoms with Gasteiger partial charge in [-0.05, 0) is 24.3 Å². The predicted molar refractivity (Wildman–Crippen MR) is 85.9 cm³/mol. The van der Waals surface area contributed by atoms with Gasteiger partial charge < -0.3 is 0 Å². The van der Waals surface area contributed by atoms with Crippen LogP contribution in [0.5, 0.6) is 0 Å². The normalized spacial score (nSPS) is 30.7. The predicted octanol–water partition coefficient (Wildman–Crippen LogP) is 2.46. The second-order valence-corrected chi connectivity index (χ2v) is 8.01. The van der Waals surface area contributed by atoms with Crippen molar-refractivity contribution in [1.29, 1.82) is 0 Å². The standard InChI is InChI=1S/C15H19N3O4S/c1-9-4-3-5-13(10(9)2)16-15-12-7-6-11(18(19)20)8-14(12)23(21,22)17-15/h6-10,13H,3-5H2,1-2H3,(H,16,17)/t9-,10+,13+/m0/s1. The van der Waals surface area contributed by atoms with Crippen LogP contribution < -0.4 is 4.72 Å². The lowest BCUT2D eigenvalue weighted by Gasteiger charge is -2.31. The molecule has 0 bridgehead atoms. The molecule has 1 aromatic rings. The van der Waals surface area contributed by atoms with E-state index in [1.165, 1.54) is 12.1 Å². The summed E-state index contributed by atoms with van der Waals surface area (Å²) in [7, 11) is -3.78. The molecule has 0 amide bonds. The lowest BCUT2D eigenvalue weighted by atomic mass is 9.78. The van der Waals surface area contributed by atoms with E-state index in [1.807, 2.05) is 0 Å². The van der Waals surface area contributed by atoms with E-state index in [-0.39, 0.29) is 16.6 Å². The van der Waals surface area contributed by atoms with Crippen molar-refractivity contribution in [3.63, 3.8) is 0 Å². The van der Waals surface area contributed by atoms with Crippen molar-refractivity contribution in [2.45, 2.75) is 44.0 Å². The number of hydrogen-bond donors (Lipinski definition) is 1. The molecule has 1 aromatic carbocycles. The number of rotatable bonds is 2. The first-order valence-electron chi connectivity index (χ1n) is 7.69. The van der Waals surface area contributed by atoms with E-state index in [0.29, 0.717) is 23.2 Å². The number of aliphatic imine (C=N–C) groups is 1. The molecule has 0 unspecified atom stereocenters. The number of nitro groups is 1. The summed E-state index contributed by atoms with van der Waals surface area (Å²) >= 11 is 0. The van der Waals surface area contributed by atoms with Crippen molar-refractivity contribution in [2.24, 2.45) is 16.8 Å². The summed E-state index contributed by atoms with van der Waals surface area (Å²) < 4.78 is 26.9. The van der Waals surface area contributed by atoms with E-state index in [1.54, 1.807) is 0 Å². The number of nitrogens with one attached hydrogen (secondary N) is 1. The number of amidine groups is 1. The molecule has 2 aliphatic rings. The minimum Gasteiger partial charge on any atom is -0.264 e.